The van der Waals surface area contributed by atoms with E-state index in [0.717, 1.165) is 5.56 Å². The molecule has 0 aliphatic carbocycles. The highest BCUT2D eigenvalue weighted by Gasteiger charge is 2.11. The van der Waals surface area contributed by atoms with Crippen LogP contribution in [0.3, 0.4) is 0 Å². The third kappa shape index (κ3) is 6.42. The molecule has 0 radical (unpaired) electrons. The fourth-order valence-corrected chi connectivity index (χ4v) is 3.05. The molecule has 3 aromatic rings. The fourth-order valence-electron chi connectivity index (χ4n) is 2.82. The monoisotopic (exact) mass is 429 g/mol. The number of carbonyl (C=O) groups is 2. The van der Waals surface area contributed by atoms with Crippen LogP contribution in [0.4, 0.5) is 4.39 Å². The van der Waals surface area contributed by atoms with E-state index in [1.807, 2.05) is 18.2 Å². The second-order valence-corrected chi connectivity index (χ2v) is 7.01. The van der Waals surface area contributed by atoms with E-state index in [0.29, 0.717) is 35.2 Å². The molecule has 0 atom stereocenters. The van der Waals surface area contributed by atoms with E-state index >= 15 is 0 Å². The summed E-state index contributed by atoms with van der Waals surface area (Å²) in [5, 5.41) is 5.98. The Hall–Kier alpha value is -3.19. The Kier molecular flexibility index (Phi) is 7.57. The van der Waals surface area contributed by atoms with Gasteiger partial charge in [-0.05, 0) is 29.8 Å². The summed E-state index contributed by atoms with van der Waals surface area (Å²) < 4.78 is 18.8. The average Bonchev–Trinajstić information content (AvgIpc) is 3.19. The lowest BCUT2D eigenvalue weighted by Gasteiger charge is -2.07. The predicted octanol–water partition coefficient (Wildman–Crippen LogP) is 3.54. The van der Waals surface area contributed by atoms with Crippen LogP contribution in [0.15, 0.2) is 59.1 Å². The number of amides is 2. The number of aryl methyl sites for hydroxylation is 1. The zero-order valence-corrected chi connectivity index (χ0v) is 16.9. The SMILES string of the molecule is O=C(CCc1ncc(-c2ccccc2Cl)o1)NCCNC(=O)Cc1cccc(F)c1. The van der Waals surface area contributed by atoms with Gasteiger partial charge in [0.1, 0.15) is 5.82 Å². The summed E-state index contributed by atoms with van der Waals surface area (Å²) in [6.45, 7) is 0.583. The van der Waals surface area contributed by atoms with Crippen molar-refractivity contribution >= 4 is 23.4 Å². The van der Waals surface area contributed by atoms with Crippen LogP contribution in [-0.2, 0) is 22.4 Å². The van der Waals surface area contributed by atoms with Crippen molar-refractivity contribution in [2.75, 3.05) is 13.1 Å². The molecule has 0 saturated carbocycles. The highest BCUT2D eigenvalue weighted by Crippen LogP contribution is 2.28. The lowest BCUT2D eigenvalue weighted by atomic mass is 10.1. The van der Waals surface area contributed by atoms with Gasteiger partial charge in [0.2, 0.25) is 11.8 Å². The van der Waals surface area contributed by atoms with Crippen molar-refractivity contribution in [1.82, 2.24) is 15.6 Å². The number of oxazole rings is 1. The number of rotatable bonds is 9. The van der Waals surface area contributed by atoms with Gasteiger partial charge in [-0.2, -0.15) is 0 Å². The molecule has 0 aliphatic rings. The molecule has 2 aromatic carbocycles. The van der Waals surface area contributed by atoms with Gasteiger partial charge in [-0.1, -0.05) is 35.9 Å². The lowest BCUT2D eigenvalue weighted by molar-refractivity contribution is -0.122. The topological polar surface area (TPSA) is 84.2 Å². The number of nitrogens with zero attached hydrogens (tertiary/aromatic N) is 1. The maximum atomic E-state index is 13.1. The van der Waals surface area contributed by atoms with Crippen LogP contribution in [-0.4, -0.2) is 29.9 Å². The number of aromatic nitrogens is 1. The minimum absolute atomic E-state index is 0.0869. The summed E-state index contributed by atoms with van der Waals surface area (Å²) in [6, 6.07) is 13.2. The van der Waals surface area contributed by atoms with Gasteiger partial charge in [-0.25, -0.2) is 9.37 Å². The van der Waals surface area contributed by atoms with E-state index in [-0.39, 0.29) is 37.0 Å². The van der Waals surface area contributed by atoms with Crippen molar-refractivity contribution in [3.8, 4) is 11.3 Å². The van der Waals surface area contributed by atoms with E-state index in [9.17, 15) is 14.0 Å². The molecule has 30 heavy (non-hydrogen) atoms. The Morgan fingerprint density at radius 3 is 2.57 bits per heavy atom. The zero-order chi connectivity index (χ0) is 21.3. The first-order chi connectivity index (χ1) is 14.5. The third-order valence-electron chi connectivity index (χ3n) is 4.28. The first-order valence-electron chi connectivity index (χ1n) is 9.48. The molecule has 0 spiro atoms. The van der Waals surface area contributed by atoms with E-state index < -0.39 is 0 Å². The summed E-state index contributed by atoms with van der Waals surface area (Å²) in [7, 11) is 0. The Morgan fingerprint density at radius 1 is 1.03 bits per heavy atom. The van der Waals surface area contributed by atoms with Gasteiger partial charge in [0.15, 0.2) is 11.7 Å². The van der Waals surface area contributed by atoms with Gasteiger partial charge in [-0.15, -0.1) is 0 Å². The van der Waals surface area contributed by atoms with Crippen LogP contribution < -0.4 is 10.6 Å². The quantitative estimate of drug-likeness (QED) is 0.509. The minimum atomic E-state index is -0.377. The molecule has 2 N–H and O–H groups in total. The maximum Gasteiger partial charge on any atom is 0.224 e. The van der Waals surface area contributed by atoms with Crippen molar-refractivity contribution in [1.29, 1.82) is 0 Å². The van der Waals surface area contributed by atoms with Crippen LogP contribution in [0, 0.1) is 5.82 Å². The Balaban J connectivity index is 1.34. The first-order valence-corrected chi connectivity index (χ1v) is 9.86. The molecule has 1 aromatic heterocycles. The number of nitrogens with one attached hydrogen (secondary N) is 2. The molecule has 0 unspecified atom stereocenters. The summed E-state index contributed by atoms with van der Waals surface area (Å²) in [5.41, 5.74) is 1.34. The number of hydrogen-bond donors (Lipinski definition) is 2. The van der Waals surface area contributed by atoms with Gasteiger partial charge in [0, 0.05) is 31.5 Å². The largest absolute Gasteiger partial charge is 0.441 e. The van der Waals surface area contributed by atoms with E-state index in [4.69, 9.17) is 16.0 Å². The molecule has 1 heterocycles. The van der Waals surface area contributed by atoms with Gasteiger partial charge in [0.25, 0.3) is 0 Å². The highest BCUT2D eigenvalue weighted by molar-refractivity contribution is 6.33. The second-order valence-electron chi connectivity index (χ2n) is 6.60. The molecule has 8 heteroatoms. The van der Waals surface area contributed by atoms with Gasteiger partial charge < -0.3 is 15.1 Å². The average molecular weight is 430 g/mol. The lowest BCUT2D eigenvalue weighted by Crippen LogP contribution is -2.35. The molecule has 0 bridgehead atoms. The Bertz CT molecular complexity index is 1020. The second kappa shape index (κ2) is 10.5. The fraction of sp³-hybridized carbons (Fsp3) is 0.227. The van der Waals surface area contributed by atoms with Gasteiger partial charge in [0.05, 0.1) is 17.6 Å². The third-order valence-corrected chi connectivity index (χ3v) is 4.61. The Labute approximate surface area is 178 Å². The number of hydrogen-bond acceptors (Lipinski definition) is 4. The van der Waals surface area contributed by atoms with Crippen LogP contribution in [0.2, 0.25) is 5.02 Å². The summed E-state index contributed by atoms with van der Waals surface area (Å²) in [6.07, 6.45) is 2.23. The van der Waals surface area contributed by atoms with Crippen LogP contribution in [0.1, 0.15) is 17.9 Å². The molecular weight excluding hydrogens is 409 g/mol. The predicted molar refractivity (Wildman–Crippen MR) is 111 cm³/mol. The molecule has 3 rings (SSSR count). The van der Waals surface area contributed by atoms with Crippen LogP contribution >= 0.6 is 11.6 Å². The van der Waals surface area contributed by atoms with Crippen LogP contribution in [0.5, 0.6) is 0 Å². The van der Waals surface area contributed by atoms with Crippen LogP contribution in [0.25, 0.3) is 11.3 Å². The highest BCUT2D eigenvalue weighted by atomic mass is 35.5. The van der Waals surface area contributed by atoms with E-state index in [1.165, 1.54) is 12.1 Å². The summed E-state index contributed by atoms with van der Waals surface area (Å²) >= 11 is 6.14. The number of benzene rings is 2. The molecular formula is C22H21ClFN3O3. The smallest absolute Gasteiger partial charge is 0.224 e. The van der Waals surface area contributed by atoms with Gasteiger partial charge >= 0.3 is 0 Å². The van der Waals surface area contributed by atoms with Crippen molar-refractivity contribution in [3.63, 3.8) is 0 Å². The molecule has 0 saturated heterocycles. The summed E-state index contributed by atoms with van der Waals surface area (Å²) in [5.74, 6) is 0.215. The molecule has 0 fully saturated rings. The van der Waals surface area contributed by atoms with Crippen molar-refractivity contribution < 1.29 is 18.4 Å². The van der Waals surface area contributed by atoms with Crippen molar-refractivity contribution in [2.24, 2.45) is 0 Å². The standard InChI is InChI=1S/C22H21ClFN3O3/c23-18-7-2-1-6-17(18)19-14-27-22(30-19)9-8-20(28)25-10-11-26-21(29)13-15-4-3-5-16(24)12-15/h1-7,12,14H,8-11,13H2,(H,25,28)(H,26,29). The molecule has 156 valence electrons. The Morgan fingerprint density at radius 2 is 1.80 bits per heavy atom. The van der Waals surface area contributed by atoms with E-state index in [2.05, 4.69) is 15.6 Å². The minimum Gasteiger partial charge on any atom is -0.441 e. The molecule has 2 amide bonds. The molecule has 6 nitrogen and oxygen atoms in total. The molecule has 0 aliphatic heterocycles. The number of carbonyl (C=O) groups excluding carboxylic acids is 2. The van der Waals surface area contributed by atoms with Crippen molar-refractivity contribution in [3.05, 3.63) is 77.0 Å². The zero-order valence-electron chi connectivity index (χ0n) is 16.2. The number of halogens is 2. The van der Waals surface area contributed by atoms with Crippen molar-refractivity contribution in [2.45, 2.75) is 19.3 Å². The summed E-state index contributed by atoms with van der Waals surface area (Å²) in [4.78, 5) is 28.0. The first kappa shape index (κ1) is 21.5. The maximum absolute atomic E-state index is 13.1. The van der Waals surface area contributed by atoms with Gasteiger partial charge in [-0.3, -0.25) is 9.59 Å². The van der Waals surface area contributed by atoms with E-state index in [1.54, 1.807) is 24.4 Å². The normalized spacial score (nSPS) is 10.6.